The lowest BCUT2D eigenvalue weighted by atomic mass is 10.1. The molecule has 0 fully saturated rings. The number of benzene rings is 1. The molecule has 0 saturated heterocycles. The van der Waals surface area contributed by atoms with Crippen LogP contribution in [0.3, 0.4) is 0 Å². The Morgan fingerprint density at radius 1 is 1.21 bits per heavy atom. The van der Waals surface area contributed by atoms with Crippen molar-refractivity contribution in [3.8, 4) is 11.8 Å². The zero-order valence-corrected chi connectivity index (χ0v) is 16.4. The summed E-state index contributed by atoms with van der Waals surface area (Å²) in [6.45, 7) is 13.2. The maximum absolute atomic E-state index is 11.4. The second kappa shape index (κ2) is 9.46. The van der Waals surface area contributed by atoms with Crippen LogP contribution in [0.1, 0.15) is 43.6 Å². The highest BCUT2D eigenvalue weighted by molar-refractivity contribution is 6.76. The largest absolute Gasteiger partial charge is 0.465 e. The molecule has 1 rings (SSSR count). The van der Waals surface area contributed by atoms with Crippen LogP contribution < -0.4 is 0 Å². The summed E-state index contributed by atoms with van der Waals surface area (Å²) in [5.74, 6) is 5.85. The van der Waals surface area contributed by atoms with Crippen molar-refractivity contribution >= 4 is 14.3 Å². The van der Waals surface area contributed by atoms with Crippen molar-refractivity contribution in [1.82, 2.24) is 0 Å². The van der Waals surface area contributed by atoms with E-state index in [0.29, 0.717) is 23.3 Å². The predicted molar refractivity (Wildman–Crippen MR) is 102 cm³/mol. The number of rotatable bonds is 7. The third kappa shape index (κ3) is 5.09. The van der Waals surface area contributed by atoms with E-state index in [1.807, 2.05) is 18.2 Å². The Kier molecular flexibility index (Phi) is 7.97. The average Bonchev–Trinajstić information content (AvgIpc) is 2.56. The van der Waals surface area contributed by atoms with Crippen LogP contribution in [-0.4, -0.2) is 28.0 Å². The van der Waals surface area contributed by atoms with Crippen LogP contribution in [0, 0.1) is 11.8 Å². The first-order valence-corrected chi connectivity index (χ1v) is 10.6. The van der Waals surface area contributed by atoms with E-state index in [1.165, 1.54) is 7.11 Å². The van der Waals surface area contributed by atoms with Crippen LogP contribution >= 0.6 is 0 Å². The first kappa shape index (κ1) is 20.2. The van der Waals surface area contributed by atoms with Gasteiger partial charge >= 0.3 is 5.97 Å². The number of methoxy groups -OCH3 is 1. The van der Waals surface area contributed by atoms with Gasteiger partial charge in [0.25, 0.3) is 0 Å². The third-order valence-corrected chi connectivity index (χ3v) is 9.89. The molecule has 0 aliphatic heterocycles. The summed E-state index contributed by atoms with van der Waals surface area (Å²) in [4.78, 5) is 11.4. The van der Waals surface area contributed by atoms with Gasteiger partial charge in [-0.3, -0.25) is 0 Å². The van der Waals surface area contributed by atoms with Crippen molar-refractivity contribution in [1.29, 1.82) is 0 Å². The predicted octanol–water partition coefficient (Wildman–Crippen LogP) is 4.79. The topological polar surface area (TPSA) is 35.5 Å². The lowest BCUT2D eigenvalue weighted by Crippen LogP contribution is -2.44. The van der Waals surface area contributed by atoms with Crippen molar-refractivity contribution < 1.29 is 14.0 Å². The van der Waals surface area contributed by atoms with Crippen LogP contribution in [0.25, 0.3) is 0 Å². The second-order valence-corrected chi connectivity index (χ2v) is 11.3. The molecule has 1 aromatic rings. The Morgan fingerprint density at radius 2 is 1.79 bits per heavy atom. The summed E-state index contributed by atoms with van der Waals surface area (Å²) in [6.07, 6.45) is 1.98. The van der Waals surface area contributed by atoms with Crippen LogP contribution in [0.4, 0.5) is 0 Å². The Balaban J connectivity index is 2.77. The second-order valence-electron chi connectivity index (χ2n) is 6.42. The standard InChI is InChI=1S/C20H28O3Si/c1-7-15-24(16(2)3,17(4)5)23-14-8-9-18-10-12-19(13-11-18)20(21)22-6/h7,10-13,16-17H,1,14-15H2,2-6H3. The minimum atomic E-state index is -1.90. The molecule has 3 nitrogen and oxygen atoms in total. The lowest BCUT2D eigenvalue weighted by molar-refractivity contribution is 0.0600. The molecule has 0 heterocycles. The summed E-state index contributed by atoms with van der Waals surface area (Å²) < 4.78 is 11.0. The number of allylic oxidation sites excluding steroid dienone is 1. The summed E-state index contributed by atoms with van der Waals surface area (Å²) in [5.41, 5.74) is 2.40. The molecule has 0 N–H and O–H groups in total. The monoisotopic (exact) mass is 344 g/mol. The minimum absolute atomic E-state index is 0.341. The molecule has 0 unspecified atom stereocenters. The Labute approximate surface area is 147 Å². The molecule has 0 atom stereocenters. The summed E-state index contributed by atoms with van der Waals surface area (Å²) in [5, 5.41) is 0. The maximum Gasteiger partial charge on any atom is 0.337 e. The van der Waals surface area contributed by atoms with Crippen molar-refractivity contribution in [3.05, 3.63) is 48.0 Å². The third-order valence-electron chi connectivity index (χ3n) is 4.37. The molecule has 0 saturated carbocycles. The van der Waals surface area contributed by atoms with Gasteiger partial charge in [-0.15, -0.1) is 6.58 Å². The fourth-order valence-electron chi connectivity index (χ4n) is 2.87. The molecular formula is C20H28O3Si. The molecule has 1 aromatic carbocycles. The van der Waals surface area contributed by atoms with Crippen molar-refractivity contribution in [2.75, 3.05) is 13.7 Å². The Bertz CT molecular complexity index is 598. The van der Waals surface area contributed by atoms with Gasteiger partial charge in [-0.05, 0) is 41.4 Å². The van der Waals surface area contributed by atoms with Gasteiger partial charge in [-0.1, -0.05) is 45.6 Å². The molecule has 130 valence electrons. The molecule has 4 heteroatoms. The highest BCUT2D eigenvalue weighted by Gasteiger charge is 2.40. The first-order chi connectivity index (χ1) is 11.4. The van der Waals surface area contributed by atoms with E-state index in [-0.39, 0.29) is 5.97 Å². The van der Waals surface area contributed by atoms with Gasteiger partial charge in [0.15, 0.2) is 0 Å². The smallest absolute Gasteiger partial charge is 0.337 e. The van der Waals surface area contributed by atoms with Gasteiger partial charge in [0.05, 0.1) is 19.3 Å². The van der Waals surface area contributed by atoms with E-state index in [4.69, 9.17) is 4.43 Å². The zero-order valence-electron chi connectivity index (χ0n) is 15.4. The van der Waals surface area contributed by atoms with E-state index in [0.717, 1.165) is 11.6 Å². The van der Waals surface area contributed by atoms with Crippen molar-refractivity contribution in [2.24, 2.45) is 0 Å². The minimum Gasteiger partial charge on any atom is -0.465 e. The highest BCUT2D eigenvalue weighted by Crippen LogP contribution is 2.36. The average molecular weight is 345 g/mol. The fraction of sp³-hybridized carbons (Fsp3) is 0.450. The fourth-order valence-corrected chi connectivity index (χ4v) is 6.72. The molecule has 0 radical (unpaired) electrons. The Hall–Kier alpha value is -1.83. The molecule has 0 aliphatic rings. The van der Waals surface area contributed by atoms with Crippen molar-refractivity contribution in [3.63, 3.8) is 0 Å². The maximum atomic E-state index is 11.4. The number of ether oxygens (including phenoxy) is 1. The summed E-state index contributed by atoms with van der Waals surface area (Å²) in [7, 11) is -0.528. The van der Waals surface area contributed by atoms with E-state index >= 15 is 0 Å². The normalized spacial score (nSPS) is 11.1. The van der Waals surface area contributed by atoms with E-state index in [1.54, 1.807) is 12.1 Å². The highest BCUT2D eigenvalue weighted by atomic mass is 28.4. The number of hydrogen-bond donors (Lipinski definition) is 0. The van der Waals surface area contributed by atoms with Crippen molar-refractivity contribution in [2.45, 2.75) is 44.8 Å². The van der Waals surface area contributed by atoms with Gasteiger partial charge in [-0.25, -0.2) is 4.79 Å². The van der Waals surface area contributed by atoms with Gasteiger partial charge in [0, 0.05) is 5.56 Å². The lowest BCUT2D eigenvalue weighted by Gasteiger charge is -2.37. The molecule has 0 bridgehead atoms. The molecule has 24 heavy (non-hydrogen) atoms. The first-order valence-electron chi connectivity index (χ1n) is 8.29. The van der Waals surface area contributed by atoms with Gasteiger partial charge in [0.2, 0.25) is 8.32 Å². The van der Waals surface area contributed by atoms with Crippen LogP contribution in [0.15, 0.2) is 36.9 Å². The van der Waals surface area contributed by atoms with E-state index in [9.17, 15) is 4.79 Å². The molecule has 0 aliphatic carbocycles. The van der Waals surface area contributed by atoms with Gasteiger partial charge in [0.1, 0.15) is 0 Å². The molecular weight excluding hydrogens is 316 g/mol. The van der Waals surface area contributed by atoms with E-state index in [2.05, 4.69) is 50.9 Å². The van der Waals surface area contributed by atoms with Crippen LogP contribution in [0.2, 0.25) is 17.1 Å². The number of hydrogen-bond acceptors (Lipinski definition) is 3. The van der Waals surface area contributed by atoms with Crippen LogP contribution in [-0.2, 0) is 9.16 Å². The summed E-state index contributed by atoms with van der Waals surface area (Å²) >= 11 is 0. The van der Waals surface area contributed by atoms with Gasteiger partial charge in [-0.2, -0.15) is 0 Å². The number of carbonyl (C=O) groups is 1. The van der Waals surface area contributed by atoms with Gasteiger partial charge < -0.3 is 9.16 Å². The molecule has 0 spiro atoms. The number of carbonyl (C=O) groups excluding carboxylic acids is 1. The van der Waals surface area contributed by atoms with E-state index < -0.39 is 8.32 Å². The zero-order chi connectivity index (χ0) is 18.2. The quantitative estimate of drug-likeness (QED) is 0.309. The molecule has 0 amide bonds. The molecule has 0 aromatic heterocycles. The van der Waals surface area contributed by atoms with Crippen LogP contribution in [0.5, 0.6) is 0 Å². The summed E-state index contributed by atoms with van der Waals surface area (Å²) in [6, 6.07) is 8.01. The number of esters is 1. The SMILES string of the molecule is C=CC[Si](OCC#Cc1ccc(C(=O)OC)cc1)(C(C)C)C(C)C. The Morgan fingerprint density at radius 3 is 2.25 bits per heavy atom.